The van der Waals surface area contributed by atoms with Crippen LogP contribution in [0, 0.1) is 11.6 Å². The molecule has 1 aliphatic heterocycles. The number of hydrogen-bond donors (Lipinski definition) is 2. The molecule has 0 spiro atoms. The van der Waals surface area contributed by atoms with E-state index in [0.29, 0.717) is 29.9 Å². The van der Waals surface area contributed by atoms with E-state index in [2.05, 4.69) is 20.3 Å². The van der Waals surface area contributed by atoms with Crippen LogP contribution in [0.2, 0.25) is 0 Å². The standard InChI is InChI=1S/C18H16F2N6O2.C3H6/c1-21-18(28)16-12(19)6-11(7-23-16)26-5-4-25(26)9-10-2-3-13-17(15(10)20)24-14(27)8-22-13;1-2-3-1/h2-3,6-8H,4-5,9H2,1H3,(H,21,28)(H,24,27);1-3H2. The minimum atomic E-state index is -0.732. The van der Waals surface area contributed by atoms with E-state index in [1.165, 1.54) is 38.6 Å². The third-order valence-corrected chi connectivity index (χ3v) is 4.95. The summed E-state index contributed by atoms with van der Waals surface area (Å²) in [5, 5.41) is 5.89. The molecule has 5 rings (SSSR count). The number of hydrogen-bond acceptors (Lipinski definition) is 6. The SMILES string of the molecule is C1CC1.CNC(=O)c1ncc(N2CCN2Cc2ccc3ncc(=O)[nH]c3c2F)cc1F. The molecule has 0 radical (unpaired) electrons. The minimum absolute atomic E-state index is 0.0553. The van der Waals surface area contributed by atoms with E-state index >= 15 is 0 Å². The number of anilines is 1. The Bertz CT molecular complexity index is 1180. The molecule has 1 amide bonds. The molecule has 31 heavy (non-hydrogen) atoms. The second-order valence-corrected chi connectivity index (χ2v) is 7.36. The van der Waals surface area contributed by atoms with Gasteiger partial charge in [0, 0.05) is 38.3 Å². The molecule has 0 bridgehead atoms. The molecule has 1 aliphatic carbocycles. The topological polar surface area (TPSA) is 94.2 Å². The quantitative estimate of drug-likeness (QED) is 0.663. The average molecular weight is 428 g/mol. The van der Waals surface area contributed by atoms with Crippen LogP contribution in [0.3, 0.4) is 0 Å². The van der Waals surface area contributed by atoms with Crippen LogP contribution in [-0.2, 0) is 6.54 Å². The number of nitrogens with one attached hydrogen (secondary N) is 2. The van der Waals surface area contributed by atoms with E-state index in [0.717, 1.165) is 6.20 Å². The average Bonchev–Trinajstić information content (AvgIpc) is 3.62. The van der Waals surface area contributed by atoms with E-state index in [4.69, 9.17) is 0 Å². The van der Waals surface area contributed by atoms with Crippen LogP contribution >= 0.6 is 0 Å². The number of amides is 1. The molecule has 0 unspecified atom stereocenters. The maximum atomic E-state index is 14.8. The number of benzene rings is 1. The maximum absolute atomic E-state index is 14.8. The summed E-state index contributed by atoms with van der Waals surface area (Å²) < 4.78 is 28.9. The van der Waals surface area contributed by atoms with Gasteiger partial charge in [0.2, 0.25) is 0 Å². The molecule has 2 fully saturated rings. The lowest BCUT2D eigenvalue weighted by Crippen LogP contribution is -2.57. The van der Waals surface area contributed by atoms with Crippen molar-refractivity contribution in [1.29, 1.82) is 0 Å². The largest absolute Gasteiger partial charge is 0.354 e. The Hall–Kier alpha value is -3.40. The molecule has 2 aliphatic rings. The molecule has 10 heteroatoms. The van der Waals surface area contributed by atoms with E-state index < -0.39 is 23.1 Å². The number of H-pyrrole nitrogens is 1. The van der Waals surface area contributed by atoms with Crippen molar-refractivity contribution in [2.24, 2.45) is 0 Å². The summed E-state index contributed by atoms with van der Waals surface area (Å²) in [5.41, 5.74) is 0.489. The Kier molecular flexibility index (Phi) is 5.90. The Morgan fingerprint density at radius 2 is 1.94 bits per heavy atom. The van der Waals surface area contributed by atoms with Gasteiger partial charge in [-0.3, -0.25) is 9.59 Å². The van der Waals surface area contributed by atoms with Crippen molar-refractivity contribution in [2.75, 3.05) is 25.1 Å². The monoisotopic (exact) mass is 428 g/mol. The molecule has 1 saturated heterocycles. The number of fused-ring (bicyclic) bond motifs is 1. The Labute approximate surface area is 176 Å². The zero-order valence-electron chi connectivity index (χ0n) is 17.0. The summed E-state index contributed by atoms with van der Waals surface area (Å²) in [4.78, 5) is 33.2. The molecule has 0 atom stereocenters. The minimum Gasteiger partial charge on any atom is -0.354 e. The predicted molar refractivity (Wildman–Crippen MR) is 112 cm³/mol. The van der Waals surface area contributed by atoms with Gasteiger partial charge in [-0.25, -0.2) is 23.8 Å². The van der Waals surface area contributed by atoms with Crippen LogP contribution in [0.25, 0.3) is 11.0 Å². The summed E-state index contributed by atoms with van der Waals surface area (Å²) in [6.45, 7) is 1.46. The fourth-order valence-corrected chi connectivity index (χ4v) is 3.09. The van der Waals surface area contributed by atoms with Crippen LogP contribution in [0.15, 0.2) is 35.4 Å². The zero-order chi connectivity index (χ0) is 22.0. The summed E-state index contributed by atoms with van der Waals surface area (Å²) >= 11 is 0. The highest BCUT2D eigenvalue weighted by atomic mass is 19.1. The van der Waals surface area contributed by atoms with Crippen molar-refractivity contribution in [2.45, 2.75) is 25.8 Å². The van der Waals surface area contributed by atoms with Crippen molar-refractivity contribution in [3.8, 4) is 0 Å². The molecule has 162 valence electrons. The van der Waals surface area contributed by atoms with Gasteiger partial charge in [0.25, 0.3) is 11.5 Å². The van der Waals surface area contributed by atoms with E-state index in [-0.39, 0.29) is 17.8 Å². The number of pyridine rings is 1. The number of aromatic nitrogens is 3. The molecular formula is C21H22F2N6O2. The van der Waals surface area contributed by atoms with Crippen molar-refractivity contribution in [1.82, 2.24) is 25.3 Å². The van der Waals surface area contributed by atoms with Crippen LogP contribution in [0.5, 0.6) is 0 Å². The Morgan fingerprint density at radius 3 is 2.55 bits per heavy atom. The normalized spacial score (nSPS) is 15.1. The molecule has 2 aromatic heterocycles. The van der Waals surface area contributed by atoms with E-state index in [1.807, 2.05) is 5.01 Å². The van der Waals surface area contributed by atoms with Gasteiger partial charge in [0.15, 0.2) is 17.3 Å². The van der Waals surface area contributed by atoms with Gasteiger partial charge in [-0.2, -0.15) is 0 Å². The van der Waals surface area contributed by atoms with Crippen molar-refractivity contribution in [3.63, 3.8) is 0 Å². The van der Waals surface area contributed by atoms with Crippen LogP contribution in [0.4, 0.5) is 14.5 Å². The van der Waals surface area contributed by atoms with Gasteiger partial charge in [-0.15, -0.1) is 0 Å². The Morgan fingerprint density at radius 1 is 1.16 bits per heavy atom. The van der Waals surface area contributed by atoms with Crippen molar-refractivity contribution in [3.05, 3.63) is 63.8 Å². The van der Waals surface area contributed by atoms with Gasteiger partial charge in [0.1, 0.15) is 5.52 Å². The van der Waals surface area contributed by atoms with Crippen molar-refractivity contribution < 1.29 is 13.6 Å². The predicted octanol–water partition coefficient (Wildman–Crippen LogP) is 2.36. The third kappa shape index (κ3) is 4.53. The fraction of sp³-hybridized carbons (Fsp3) is 0.333. The van der Waals surface area contributed by atoms with Gasteiger partial charge in [0.05, 0.1) is 23.6 Å². The van der Waals surface area contributed by atoms with Gasteiger partial charge in [-0.05, 0) is 6.07 Å². The van der Waals surface area contributed by atoms with Gasteiger partial charge < -0.3 is 15.3 Å². The summed E-state index contributed by atoms with van der Waals surface area (Å²) in [6, 6.07) is 4.46. The number of nitrogens with zero attached hydrogens (tertiary/aromatic N) is 4. The molecule has 2 N–H and O–H groups in total. The number of halogens is 2. The maximum Gasteiger partial charge on any atom is 0.272 e. The van der Waals surface area contributed by atoms with Crippen LogP contribution in [-0.4, -0.2) is 46.0 Å². The molecule has 3 heterocycles. The Balaban J connectivity index is 0.000000710. The van der Waals surface area contributed by atoms with Gasteiger partial charge >= 0.3 is 0 Å². The highest BCUT2D eigenvalue weighted by Crippen LogP contribution is 2.26. The number of carbonyl (C=O) groups excluding carboxylic acids is 1. The van der Waals surface area contributed by atoms with E-state index in [9.17, 15) is 18.4 Å². The molecule has 8 nitrogen and oxygen atoms in total. The van der Waals surface area contributed by atoms with Crippen LogP contribution in [0.1, 0.15) is 35.3 Å². The molecule has 3 aromatic rings. The third-order valence-electron chi connectivity index (χ3n) is 4.95. The second kappa shape index (κ2) is 8.76. The van der Waals surface area contributed by atoms with Crippen LogP contribution < -0.4 is 15.9 Å². The number of aromatic amines is 1. The summed E-state index contributed by atoms with van der Waals surface area (Å²) in [5.74, 6) is -1.89. The number of hydrazine groups is 1. The lowest BCUT2D eigenvalue weighted by molar-refractivity contribution is 0.0953. The lowest BCUT2D eigenvalue weighted by Gasteiger charge is -2.45. The van der Waals surface area contributed by atoms with E-state index in [1.54, 1.807) is 17.1 Å². The number of carbonyl (C=O) groups is 1. The number of rotatable bonds is 4. The fourth-order valence-electron chi connectivity index (χ4n) is 3.09. The first-order valence-electron chi connectivity index (χ1n) is 10.0. The lowest BCUT2D eigenvalue weighted by atomic mass is 10.1. The molecule has 1 saturated carbocycles. The second-order valence-electron chi connectivity index (χ2n) is 7.36. The zero-order valence-corrected chi connectivity index (χ0v) is 17.0. The molecule has 1 aromatic carbocycles. The summed E-state index contributed by atoms with van der Waals surface area (Å²) in [6.07, 6.45) is 7.00. The highest BCUT2D eigenvalue weighted by molar-refractivity contribution is 5.92. The van der Waals surface area contributed by atoms with Crippen molar-refractivity contribution >= 4 is 22.6 Å². The summed E-state index contributed by atoms with van der Waals surface area (Å²) in [7, 11) is 1.40. The first-order valence-corrected chi connectivity index (χ1v) is 10.0. The highest BCUT2D eigenvalue weighted by Gasteiger charge is 2.28. The smallest absolute Gasteiger partial charge is 0.272 e. The first-order chi connectivity index (χ1) is 15.0. The van der Waals surface area contributed by atoms with Gasteiger partial charge in [-0.1, -0.05) is 25.3 Å². The molecular weight excluding hydrogens is 406 g/mol. The first kappa shape index (κ1) is 20.9.